The zero-order chi connectivity index (χ0) is 12.0. The average Bonchev–Trinajstić information content (AvgIpc) is 2.78. The number of hydrogen-bond donors (Lipinski definition) is 2. The second-order valence-corrected chi connectivity index (χ2v) is 5.65. The maximum Gasteiger partial charge on any atom is 0.242 e. The molecule has 0 fully saturated rings. The molecule has 0 saturated carbocycles. The zero-order valence-electron chi connectivity index (χ0n) is 9.60. The van der Waals surface area contributed by atoms with E-state index in [9.17, 15) is 4.79 Å². The Morgan fingerprint density at radius 1 is 1.69 bits per heavy atom. The molecule has 1 aromatic heterocycles. The lowest BCUT2D eigenvalue weighted by Gasteiger charge is -2.16. The van der Waals surface area contributed by atoms with Gasteiger partial charge < -0.3 is 11.1 Å². The maximum atomic E-state index is 11.8. The molecule has 0 radical (unpaired) electrons. The topological polar surface area (TPSA) is 55.1 Å². The van der Waals surface area contributed by atoms with E-state index >= 15 is 0 Å². The monoisotopic (exact) mass is 258 g/mol. The van der Waals surface area contributed by atoms with Gasteiger partial charge in [0.15, 0.2) is 0 Å². The number of rotatable bonds is 6. The molecule has 5 heteroatoms. The number of thioether (sulfide) groups is 1. The van der Waals surface area contributed by atoms with Gasteiger partial charge in [-0.15, -0.1) is 11.3 Å². The van der Waals surface area contributed by atoms with Crippen LogP contribution in [0.5, 0.6) is 0 Å². The summed E-state index contributed by atoms with van der Waals surface area (Å²) in [6, 6.07) is 3.45. The molecule has 0 aliphatic rings. The van der Waals surface area contributed by atoms with Gasteiger partial charge in [0.2, 0.25) is 5.91 Å². The van der Waals surface area contributed by atoms with Crippen LogP contribution < -0.4 is 11.1 Å². The third-order valence-electron chi connectivity index (χ3n) is 2.28. The number of thiophene rings is 1. The van der Waals surface area contributed by atoms with Gasteiger partial charge in [-0.1, -0.05) is 6.07 Å². The van der Waals surface area contributed by atoms with Gasteiger partial charge in [-0.3, -0.25) is 4.79 Å². The number of amides is 1. The Bertz CT molecular complexity index is 314. The molecule has 1 rings (SSSR count). The van der Waals surface area contributed by atoms with E-state index in [1.54, 1.807) is 11.8 Å². The van der Waals surface area contributed by atoms with E-state index in [-0.39, 0.29) is 11.9 Å². The third-order valence-corrected chi connectivity index (χ3v) is 3.88. The molecule has 0 bridgehead atoms. The van der Waals surface area contributed by atoms with Crippen molar-refractivity contribution in [1.29, 1.82) is 0 Å². The van der Waals surface area contributed by atoms with Crippen LogP contribution in [-0.2, 0) is 4.79 Å². The summed E-state index contributed by atoms with van der Waals surface area (Å²) >= 11 is 3.30. The molecule has 0 aliphatic heterocycles. The van der Waals surface area contributed by atoms with Crippen molar-refractivity contribution in [2.45, 2.75) is 25.4 Å². The van der Waals surface area contributed by atoms with E-state index in [0.29, 0.717) is 0 Å². The van der Waals surface area contributed by atoms with Crippen LogP contribution in [0.3, 0.4) is 0 Å². The smallest absolute Gasteiger partial charge is 0.242 e. The summed E-state index contributed by atoms with van der Waals surface area (Å²) in [5, 5.41) is 4.86. The minimum absolute atomic E-state index is 0.0870. The Balaban J connectivity index is 2.40. The molecule has 2 unspecified atom stereocenters. The number of carbonyl (C=O) groups excluding carboxylic acids is 1. The Hall–Kier alpha value is -0.520. The van der Waals surface area contributed by atoms with Crippen molar-refractivity contribution >= 4 is 29.0 Å². The first-order chi connectivity index (χ1) is 7.65. The van der Waals surface area contributed by atoms with Crippen LogP contribution in [0.4, 0.5) is 0 Å². The van der Waals surface area contributed by atoms with E-state index in [1.165, 1.54) is 11.3 Å². The summed E-state index contributed by atoms with van der Waals surface area (Å²) in [6.45, 7) is 2.01. The largest absolute Gasteiger partial charge is 0.352 e. The fraction of sp³-hybridized carbons (Fsp3) is 0.545. The molecule has 0 aliphatic carbocycles. The molecule has 3 nitrogen and oxygen atoms in total. The van der Waals surface area contributed by atoms with Gasteiger partial charge >= 0.3 is 0 Å². The Kier molecular flexibility index (Phi) is 5.87. The van der Waals surface area contributed by atoms with Crippen LogP contribution in [0.1, 0.15) is 24.3 Å². The molecule has 0 saturated heterocycles. The van der Waals surface area contributed by atoms with Gasteiger partial charge in [0.25, 0.3) is 0 Å². The van der Waals surface area contributed by atoms with E-state index in [0.717, 1.165) is 17.1 Å². The number of carbonyl (C=O) groups is 1. The lowest BCUT2D eigenvalue weighted by atomic mass is 10.2. The van der Waals surface area contributed by atoms with Crippen molar-refractivity contribution in [3.63, 3.8) is 0 Å². The summed E-state index contributed by atoms with van der Waals surface area (Å²) in [7, 11) is 0. The third kappa shape index (κ3) is 4.15. The highest BCUT2D eigenvalue weighted by Crippen LogP contribution is 2.16. The van der Waals surface area contributed by atoms with E-state index in [1.807, 2.05) is 24.4 Å². The van der Waals surface area contributed by atoms with Crippen molar-refractivity contribution < 1.29 is 4.79 Å². The summed E-state index contributed by atoms with van der Waals surface area (Å²) in [4.78, 5) is 12.7. The SMILES string of the molecule is CSCCC(C)NC(=O)C(N)c1cccs1. The number of nitrogens with one attached hydrogen (secondary N) is 1. The molecular weight excluding hydrogens is 240 g/mol. The van der Waals surface area contributed by atoms with Crippen molar-refractivity contribution in [2.24, 2.45) is 5.73 Å². The summed E-state index contributed by atoms with van der Waals surface area (Å²) in [5.41, 5.74) is 5.85. The Morgan fingerprint density at radius 2 is 2.44 bits per heavy atom. The molecule has 1 aromatic rings. The van der Waals surface area contributed by atoms with Gasteiger partial charge in [-0.2, -0.15) is 11.8 Å². The summed E-state index contributed by atoms with van der Waals surface area (Å²) < 4.78 is 0. The van der Waals surface area contributed by atoms with Crippen LogP contribution in [0.15, 0.2) is 17.5 Å². The number of hydrogen-bond acceptors (Lipinski definition) is 4. The van der Waals surface area contributed by atoms with E-state index in [2.05, 4.69) is 11.6 Å². The highest BCUT2D eigenvalue weighted by molar-refractivity contribution is 7.98. The normalized spacial score (nSPS) is 14.4. The van der Waals surface area contributed by atoms with Crippen molar-refractivity contribution in [3.8, 4) is 0 Å². The predicted octanol–water partition coefficient (Wildman–Crippen LogP) is 2.01. The lowest BCUT2D eigenvalue weighted by molar-refractivity contribution is -0.123. The van der Waals surface area contributed by atoms with Crippen LogP contribution >= 0.6 is 23.1 Å². The predicted molar refractivity (Wildman–Crippen MR) is 71.9 cm³/mol. The van der Waals surface area contributed by atoms with Gasteiger partial charge in [-0.05, 0) is 36.8 Å². The van der Waals surface area contributed by atoms with Gasteiger partial charge in [0.05, 0.1) is 0 Å². The molecular formula is C11H18N2OS2. The van der Waals surface area contributed by atoms with Crippen LogP contribution in [0, 0.1) is 0 Å². The fourth-order valence-corrected chi connectivity index (χ4v) is 2.61. The van der Waals surface area contributed by atoms with Crippen molar-refractivity contribution in [1.82, 2.24) is 5.32 Å². The van der Waals surface area contributed by atoms with E-state index in [4.69, 9.17) is 5.73 Å². The molecule has 1 amide bonds. The first-order valence-electron chi connectivity index (χ1n) is 5.23. The van der Waals surface area contributed by atoms with E-state index < -0.39 is 6.04 Å². The van der Waals surface area contributed by atoms with Crippen molar-refractivity contribution in [3.05, 3.63) is 22.4 Å². The van der Waals surface area contributed by atoms with Gasteiger partial charge in [-0.25, -0.2) is 0 Å². The molecule has 16 heavy (non-hydrogen) atoms. The first kappa shape index (κ1) is 13.5. The minimum atomic E-state index is -0.531. The molecule has 0 spiro atoms. The Labute approximate surface area is 105 Å². The standard InChI is InChI=1S/C11H18N2OS2/c1-8(5-7-15-2)13-11(14)10(12)9-4-3-6-16-9/h3-4,6,8,10H,5,7,12H2,1-2H3,(H,13,14). The molecule has 3 N–H and O–H groups in total. The fourth-order valence-electron chi connectivity index (χ4n) is 1.30. The second-order valence-electron chi connectivity index (χ2n) is 3.68. The summed E-state index contributed by atoms with van der Waals surface area (Å²) in [5.74, 6) is 0.964. The minimum Gasteiger partial charge on any atom is -0.352 e. The zero-order valence-corrected chi connectivity index (χ0v) is 11.2. The second kappa shape index (κ2) is 6.93. The van der Waals surface area contributed by atoms with Crippen LogP contribution in [0.2, 0.25) is 0 Å². The van der Waals surface area contributed by atoms with Gasteiger partial charge in [0, 0.05) is 10.9 Å². The average molecular weight is 258 g/mol. The highest BCUT2D eigenvalue weighted by Gasteiger charge is 2.17. The quantitative estimate of drug-likeness (QED) is 0.820. The Morgan fingerprint density at radius 3 is 3.00 bits per heavy atom. The summed E-state index contributed by atoms with van der Waals surface area (Å²) in [6.07, 6.45) is 3.04. The number of nitrogens with two attached hydrogens (primary N) is 1. The molecule has 1 heterocycles. The van der Waals surface area contributed by atoms with Gasteiger partial charge in [0.1, 0.15) is 6.04 Å². The molecule has 0 aromatic carbocycles. The highest BCUT2D eigenvalue weighted by atomic mass is 32.2. The molecule has 90 valence electrons. The first-order valence-corrected chi connectivity index (χ1v) is 7.50. The van der Waals surface area contributed by atoms with Crippen LogP contribution in [-0.4, -0.2) is 24.0 Å². The van der Waals surface area contributed by atoms with Crippen LogP contribution in [0.25, 0.3) is 0 Å². The lowest BCUT2D eigenvalue weighted by Crippen LogP contribution is -2.39. The van der Waals surface area contributed by atoms with Crippen molar-refractivity contribution in [2.75, 3.05) is 12.0 Å². The molecule has 2 atom stereocenters. The maximum absolute atomic E-state index is 11.8.